The summed E-state index contributed by atoms with van der Waals surface area (Å²) in [5.74, 6) is 1.22. The van der Waals surface area contributed by atoms with Gasteiger partial charge in [0.1, 0.15) is 0 Å². The highest BCUT2D eigenvalue weighted by Gasteiger charge is 2.30. The molecule has 1 aliphatic heterocycles. The summed E-state index contributed by atoms with van der Waals surface area (Å²) >= 11 is 0. The quantitative estimate of drug-likeness (QED) is 0.667. The van der Waals surface area contributed by atoms with Gasteiger partial charge in [0.25, 0.3) is 5.91 Å². The molecule has 0 bridgehead atoms. The van der Waals surface area contributed by atoms with Crippen molar-refractivity contribution in [2.24, 2.45) is 0 Å². The van der Waals surface area contributed by atoms with Crippen LogP contribution in [0.25, 0.3) is 0 Å². The second-order valence-electron chi connectivity index (χ2n) is 6.36. The highest BCUT2D eigenvalue weighted by atomic mass is 35.5. The molecular formula is C17H27ClN6O3. The number of amides is 1. The fourth-order valence-electron chi connectivity index (χ4n) is 3.33. The number of hydrogen-bond acceptors (Lipinski definition) is 7. The van der Waals surface area contributed by atoms with Gasteiger partial charge in [0.15, 0.2) is 11.6 Å². The highest BCUT2D eigenvalue weighted by molar-refractivity contribution is 5.91. The first-order valence-electron chi connectivity index (χ1n) is 9.06. The third-order valence-electron chi connectivity index (χ3n) is 4.70. The molecule has 1 amide bonds. The summed E-state index contributed by atoms with van der Waals surface area (Å²) in [6.07, 6.45) is 3.54. The Hall–Kier alpha value is -1.97. The second kappa shape index (κ2) is 10.4. The van der Waals surface area contributed by atoms with Crippen molar-refractivity contribution in [2.75, 3.05) is 39.9 Å². The van der Waals surface area contributed by atoms with Gasteiger partial charge in [-0.15, -0.1) is 17.5 Å². The first kappa shape index (κ1) is 21.3. The summed E-state index contributed by atoms with van der Waals surface area (Å²) in [5, 5.41) is 12.2. The number of piperazine rings is 1. The van der Waals surface area contributed by atoms with Gasteiger partial charge in [-0.05, 0) is 29.0 Å². The lowest BCUT2D eigenvalue weighted by molar-refractivity contribution is 0.0512. The lowest BCUT2D eigenvalue weighted by Crippen LogP contribution is -2.50. The van der Waals surface area contributed by atoms with Gasteiger partial charge >= 0.3 is 0 Å². The van der Waals surface area contributed by atoms with Crippen LogP contribution in [0, 0.1) is 0 Å². The zero-order valence-corrected chi connectivity index (χ0v) is 16.6. The Balaban J connectivity index is 0.00000261. The van der Waals surface area contributed by atoms with E-state index >= 15 is 0 Å². The SMILES string of the molecule is CCCC(c1nnnn1CCOC)N1CCN(C(=O)c2ccco2)CC1.Cl. The minimum atomic E-state index is -0.0494. The summed E-state index contributed by atoms with van der Waals surface area (Å²) in [6, 6.07) is 3.59. The zero-order chi connectivity index (χ0) is 18.4. The van der Waals surface area contributed by atoms with E-state index < -0.39 is 0 Å². The van der Waals surface area contributed by atoms with Crippen LogP contribution >= 0.6 is 12.4 Å². The maximum atomic E-state index is 12.4. The minimum absolute atomic E-state index is 0. The minimum Gasteiger partial charge on any atom is -0.459 e. The average molecular weight is 399 g/mol. The van der Waals surface area contributed by atoms with Gasteiger partial charge in [0.05, 0.1) is 25.5 Å². The summed E-state index contributed by atoms with van der Waals surface area (Å²) < 4.78 is 12.2. The van der Waals surface area contributed by atoms with Crippen molar-refractivity contribution in [3.8, 4) is 0 Å². The number of nitrogens with zero attached hydrogens (tertiary/aromatic N) is 6. The molecule has 150 valence electrons. The Morgan fingerprint density at radius 2 is 2.11 bits per heavy atom. The maximum Gasteiger partial charge on any atom is 0.289 e. The zero-order valence-electron chi connectivity index (χ0n) is 15.8. The van der Waals surface area contributed by atoms with Crippen LogP contribution in [0.15, 0.2) is 22.8 Å². The van der Waals surface area contributed by atoms with Crippen molar-refractivity contribution in [3.05, 3.63) is 30.0 Å². The van der Waals surface area contributed by atoms with Gasteiger partial charge in [-0.3, -0.25) is 9.69 Å². The molecule has 27 heavy (non-hydrogen) atoms. The fourth-order valence-corrected chi connectivity index (χ4v) is 3.33. The molecule has 1 fully saturated rings. The number of rotatable bonds is 8. The lowest BCUT2D eigenvalue weighted by Gasteiger charge is -2.38. The van der Waals surface area contributed by atoms with Crippen LogP contribution in [0.5, 0.6) is 0 Å². The molecule has 0 spiro atoms. The molecule has 0 aromatic carbocycles. The van der Waals surface area contributed by atoms with E-state index in [0.29, 0.717) is 32.0 Å². The van der Waals surface area contributed by atoms with E-state index in [2.05, 4.69) is 27.3 Å². The molecule has 3 heterocycles. The van der Waals surface area contributed by atoms with E-state index in [1.54, 1.807) is 19.2 Å². The number of methoxy groups -OCH3 is 1. The fraction of sp³-hybridized carbons (Fsp3) is 0.647. The molecule has 1 saturated heterocycles. The van der Waals surface area contributed by atoms with Crippen LogP contribution in [0.3, 0.4) is 0 Å². The molecule has 2 aromatic rings. The van der Waals surface area contributed by atoms with E-state index in [9.17, 15) is 4.79 Å². The summed E-state index contributed by atoms with van der Waals surface area (Å²) in [6.45, 7) is 6.27. The molecule has 3 rings (SSSR count). The number of furan rings is 1. The first-order valence-corrected chi connectivity index (χ1v) is 9.06. The third kappa shape index (κ3) is 5.06. The van der Waals surface area contributed by atoms with Gasteiger partial charge in [-0.1, -0.05) is 13.3 Å². The van der Waals surface area contributed by atoms with E-state index in [4.69, 9.17) is 9.15 Å². The molecule has 10 heteroatoms. The molecular weight excluding hydrogens is 372 g/mol. The Morgan fingerprint density at radius 3 is 2.74 bits per heavy atom. The molecule has 1 atom stereocenters. The van der Waals surface area contributed by atoms with Crippen LogP contribution in [-0.2, 0) is 11.3 Å². The molecule has 0 N–H and O–H groups in total. The van der Waals surface area contributed by atoms with Crippen LogP contribution in [0.1, 0.15) is 42.2 Å². The predicted molar refractivity (Wildman–Crippen MR) is 101 cm³/mol. The Kier molecular flexibility index (Phi) is 8.21. The Morgan fingerprint density at radius 1 is 1.33 bits per heavy atom. The van der Waals surface area contributed by atoms with E-state index in [1.165, 1.54) is 6.26 Å². The van der Waals surface area contributed by atoms with Crippen molar-refractivity contribution in [1.29, 1.82) is 0 Å². The van der Waals surface area contributed by atoms with Crippen LogP contribution in [-0.4, -0.2) is 75.8 Å². The van der Waals surface area contributed by atoms with Crippen LogP contribution in [0.2, 0.25) is 0 Å². The molecule has 0 saturated carbocycles. The van der Waals surface area contributed by atoms with E-state index in [-0.39, 0.29) is 24.4 Å². The van der Waals surface area contributed by atoms with Gasteiger partial charge in [-0.2, -0.15) is 0 Å². The van der Waals surface area contributed by atoms with E-state index in [1.807, 2.05) is 9.58 Å². The number of hydrogen-bond donors (Lipinski definition) is 0. The standard InChI is InChI=1S/C17H26N6O3.ClH/c1-3-5-14(16-18-19-20-23(16)11-13-25-2)21-7-9-22(10-8-21)17(24)15-6-4-12-26-15;/h4,6,12,14H,3,5,7-11,13H2,1-2H3;1H. The lowest BCUT2D eigenvalue weighted by atomic mass is 10.1. The topological polar surface area (TPSA) is 89.5 Å². The van der Waals surface area contributed by atoms with Gasteiger partial charge < -0.3 is 14.1 Å². The van der Waals surface area contributed by atoms with Crippen LogP contribution in [0.4, 0.5) is 0 Å². The largest absolute Gasteiger partial charge is 0.459 e. The Labute approximate surface area is 165 Å². The number of ether oxygens (including phenoxy) is 1. The molecule has 1 unspecified atom stereocenters. The van der Waals surface area contributed by atoms with Crippen LogP contribution < -0.4 is 0 Å². The average Bonchev–Trinajstić information content (AvgIpc) is 3.36. The molecule has 0 radical (unpaired) electrons. The van der Waals surface area contributed by atoms with E-state index in [0.717, 1.165) is 31.8 Å². The second-order valence-corrected chi connectivity index (χ2v) is 6.36. The van der Waals surface area contributed by atoms with Crippen molar-refractivity contribution < 1.29 is 13.9 Å². The Bertz CT molecular complexity index is 685. The normalized spacial score (nSPS) is 16.1. The monoisotopic (exact) mass is 398 g/mol. The molecule has 0 aliphatic carbocycles. The smallest absolute Gasteiger partial charge is 0.289 e. The molecule has 1 aliphatic rings. The van der Waals surface area contributed by atoms with Crippen molar-refractivity contribution >= 4 is 18.3 Å². The summed E-state index contributed by atoms with van der Waals surface area (Å²) in [5.41, 5.74) is 0. The maximum absolute atomic E-state index is 12.4. The predicted octanol–water partition coefficient (Wildman–Crippen LogP) is 1.63. The van der Waals surface area contributed by atoms with Crippen molar-refractivity contribution in [3.63, 3.8) is 0 Å². The van der Waals surface area contributed by atoms with Gasteiger partial charge in [0.2, 0.25) is 0 Å². The first-order chi connectivity index (χ1) is 12.7. The molecule has 9 nitrogen and oxygen atoms in total. The molecule has 2 aromatic heterocycles. The highest BCUT2D eigenvalue weighted by Crippen LogP contribution is 2.25. The van der Waals surface area contributed by atoms with Gasteiger partial charge in [-0.25, -0.2) is 4.68 Å². The van der Waals surface area contributed by atoms with Gasteiger partial charge in [0, 0.05) is 33.3 Å². The number of tetrazole rings is 1. The number of carbonyl (C=O) groups excluding carboxylic acids is 1. The number of carbonyl (C=O) groups is 1. The van der Waals surface area contributed by atoms with Crippen molar-refractivity contribution in [1.82, 2.24) is 30.0 Å². The number of aromatic nitrogens is 4. The summed E-state index contributed by atoms with van der Waals surface area (Å²) in [4.78, 5) is 16.6. The van der Waals surface area contributed by atoms with Crippen molar-refractivity contribution in [2.45, 2.75) is 32.4 Å². The number of halogens is 1. The summed E-state index contributed by atoms with van der Waals surface area (Å²) in [7, 11) is 1.67. The third-order valence-corrected chi connectivity index (χ3v) is 4.70.